The molecule has 2 fully saturated rings. The molecule has 0 aliphatic carbocycles. The summed E-state index contributed by atoms with van der Waals surface area (Å²) >= 11 is 0. The van der Waals surface area contributed by atoms with Gasteiger partial charge in [0.05, 0.1) is 0 Å². The highest BCUT2D eigenvalue weighted by atomic mass is 32.2. The van der Waals surface area contributed by atoms with Gasteiger partial charge in [-0.15, -0.1) is 0 Å². The van der Waals surface area contributed by atoms with Crippen LogP contribution in [0.5, 0.6) is 0 Å². The average molecular weight is 233 g/mol. The van der Waals surface area contributed by atoms with E-state index in [1.807, 2.05) is 0 Å². The Morgan fingerprint density at radius 2 is 1.93 bits per heavy atom. The van der Waals surface area contributed by atoms with Crippen LogP contribution in [0.3, 0.4) is 0 Å². The predicted molar refractivity (Wildman–Crippen MR) is 58.7 cm³/mol. The molecule has 88 valence electrons. The van der Waals surface area contributed by atoms with E-state index in [9.17, 15) is 8.42 Å². The van der Waals surface area contributed by atoms with Crippen molar-refractivity contribution in [1.29, 1.82) is 0 Å². The Morgan fingerprint density at radius 1 is 1.20 bits per heavy atom. The van der Waals surface area contributed by atoms with E-state index in [1.54, 1.807) is 4.31 Å². The van der Waals surface area contributed by atoms with E-state index < -0.39 is 10.2 Å². The van der Waals surface area contributed by atoms with E-state index in [1.165, 1.54) is 0 Å². The molecule has 0 atom stereocenters. The minimum Gasteiger partial charge on any atom is -0.317 e. The predicted octanol–water partition coefficient (Wildman–Crippen LogP) is -0.474. The van der Waals surface area contributed by atoms with Crippen LogP contribution >= 0.6 is 0 Å². The Hall–Kier alpha value is -0.170. The smallest absolute Gasteiger partial charge is 0.279 e. The van der Waals surface area contributed by atoms with Gasteiger partial charge >= 0.3 is 0 Å². The monoisotopic (exact) mass is 233 g/mol. The summed E-state index contributed by atoms with van der Waals surface area (Å²) in [6.45, 7) is 4.00. The molecule has 5 nitrogen and oxygen atoms in total. The first-order valence-corrected chi connectivity index (χ1v) is 7.08. The number of rotatable bonds is 2. The van der Waals surface area contributed by atoms with Crippen molar-refractivity contribution < 1.29 is 8.42 Å². The van der Waals surface area contributed by atoms with Gasteiger partial charge in [-0.3, -0.25) is 0 Å². The van der Waals surface area contributed by atoms with Crippen LogP contribution in [0.25, 0.3) is 0 Å². The van der Waals surface area contributed by atoms with Crippen molar-refractivity contribution in [2.45, 2.75) is 19.3 Å². The van der Waals surface area contributed by atoms with Gasteiger partial charge in [0.1, 0.15) is 0 Å². The molecule has 0 aromatic rings. The molecule has 15 heavy (non-hydrogen) atoms. The lowest BCUT2D eigenvalue weighted by Gasteiger charge is -2.31. The topological polar surface area (TPSA) is 61.4 Å². The SMILES string of the molecule is O=S1(=O)NCCCN1CC1CCNCC1. The maximum atomic E-state index is 11.7. The quantitative estimate of drug-likeness (QED) is 0.677. The first kappa shape index (κ1) is 11.3. The van der Waals surface area contributed by atoms with Gasteiger partial charge < -0.3 is 5.32 Å². The third-order valence-electron chi connectivity index (χ3n) is 3.13. The van der Waals surface area contributed by atoms with Gasteiger partial charge in [-0.2, -0.15) is 12.7 Å². The third kappa shape index (κ3) is 2.90. The zero-order valence-electron chi connectivity index (χ0n) is 8.91. The summed E-state index contributed by atoms with van der Waals surface area (Å²) in [5.41, 5.74) is 0. The summed E-state index contributed by atoms with van der Waals surface area (Å²) < 4.78 is 27.5. The minimum absolute atomic E-state index is 0.529. The lowest BCUT2D eigenvalue weighted by atomic mass is 9.98. The Kier molecular flexibility index (Phi) is 3.60. The molecule has 2 N–H and O–H groups in total. The fourth-order valence-corrected chi connectivity index (χ4v) is 3.57. The molecular formula is C9H19N3O2S. The van der Waals surface area contributed by atoms with E-state index in [-0.39, 0.29) is 0 Å². The number of piperidine rings is 1. The molecule has 2 aliphatic heterocycles. The molecule has 2 rings (SSSR count). The third-order valence-corrected chi connectivity index (χ3v) is 4.71. The highest BCUT2D eigenvalue weighted by molar-refractivity contribution is 7.87. The van der Waals surface area contributed by atoms with Crippen LogP contribution in [-0.2, 0) is 10.2 Å². The van der Waals surface area contributed by atoms with Gasteiger partial charge in [-0.1, -0.05) is 0 Å². The fraction of sp³-hybridized carbons (Fsp3) is 1.00. The highest BCUT2D eigenvalue weighted by Crippen LogP contribution is 2.16. The molecule has 0 aromatic carbocycles. The molecule has 0 amide bonds. The standard InChI is InChI=1S/C9H19N3O2S/c13-15(14)11-4-1-7-12(15)8-9-2-5-10-6-3-9/h9-11H,1-8H2. The number of nitrogens with zero attached hydrogens (tertiary/aromatic N) is 1. The Morgan fingerprint density at radius 3 is 2.60 bits per heavy atom. The molecule has 0 radical (unpaired) electrons. The largest absolute Gasteiger partial charge is 0.317 e. The highest BCUT2D eigenvalue weighted by Gasteiger charge is 2.28. The maximum Gasteiger partial charge on any atom is 0.279 e. The Balaban J connectivity index is 1.91. The van der Waals surface area contributed by atoms with Gasteiger partial charge in [0.2, 0.25) is 0 Å². The van der Waals surface area contributed by atoms with E-state index in [4.69, 9.17) is 0 Å². The van der Waals surface area contributed by atoms with Gasteiger partial charge in [0.15, 0.2) is 0 Å². The van der Waals surface area contributed by atoms with Crippen molar-refractivity contribution in [3.8, 4) is 0 Å². The van der Waals surface area contributed by atoms with Crippen LogP contribution in [0.4, 0.5) is 0 Å². The molecule has 6 heteroatoms. The molecule has 2 heterocycles. The van der Waals surface area contributed by atoms with Gasteiger partial charge in [-0.05, 0) is 38.3 Å². The van der Waals surface area contributed by atoms with Crippen molar-refractivity contribution in [2.24, 2.45) is 5.92 Å². The van der Waals surface area contributed by atoms with Crippen LogP contribution in [-0.4, -0.2) is 45.4 Å². The second-order valence-electron chi connectivity index (χ2n) is 4.30. The molecule has 2 saturated heterocycles. The van der Waals surface area contributed by atoms with Gasteiger partial charge in [0, 0.05) is 19.6 Å². The first-order chi connectivity index (χ1) is 7.18. The van der Waals surface area contributed by atoms with Crippen molar-refractivity contribution in [2.75, 3.05) is 32.7 Å². The van der Waals surface area contributed by atoms with Gasteiger partial charge in [0.25, 0.3) is 10.2 Å². The molecule has 0 bridgehead atoms. The average Bonchev–Trinajstić information content (AvgIpc) is 2.23. The van der Waals surface area contributed by atoms with Crippen molar-refractivity contribution in [3.63, 3.8) is 0 Å². The summed E-state index contributed by atoms with van der Waals surface area (Å²) in [5, 5.41) is 3.29. The van der Waals surface area contributed by atoms with Gasteiger partial charge in [-0.25, -0.2) is 4.72 Å². The fourth-order valence-electron chi connectivity index (χ4n) is 2.21. The lowest BCUT2D eigenvalue weighted by molar-refractivity contribution is 0.276. The molecule has 0 aromatic heterocycles. The first-order valence-electron chi connectivity index (χ1n) is 5.64. The van der Waals surface area contributed by atoms with Crippen molar-refractivity contribution >= 4 is 10.2 Å². The molecule has 0 saturated carbocycles. The molecule has 0 spiro atoms. The number of hydrogen-bond donors (Lipinski definition) is 2. The Bertz CT molecular complexity index is 298. The molecular weight excluding hydrogens is 214 g/mol. The second kappa shape index (κ2) is 4.78. The number of nitrogens with one attached hydrogen (secondary N) is 2. The number of hydrogen-bond acceptors (Lipinski definition) is 3. The van der Waals surface area contributed by atoms with Crippen LogP contribution in [0, 0.1) is 5.92 Å². The second-order valence-corrected chi connectivity index (χ2v) is 6.06. The minimum atomic E-state index is -3.16. The van der Waals surface area contributed by atoms with Crippen LogP contribution in [0.1, 0.15) is 19.3 Å². The van der Waals surface area contributed by atoms with Crippen LogP contribution < -0.4 is 10.0 Å². The Labute approximate surface area is 91.4 Å². The summed E-state index contributed by atoms with van der Waals surface area (Å²) in [7, 11) is -3.16. The lowest BCUT2D eigenvalue weighted by Crippen LogP contribution is -2.49. The van der Waals surface area contributed by atoms with Crippen molar-refractivity contribution in [3.05, 3.63) is 0 Å². The normalized spacial score (nSPS) is 29.1. The zero-order chi connectivity index (χ0) is 10.7. The van der Waals surface area contributed by atoms with E-state index in [2.05, 4.69) is 10.0 Å². The van der Waals surface area contributed by atoms with Crippen LogP contribution in [0.15, 0.2) is 0 Å². The van der Waals surface area contributed by atoms with Crippen LogP contribution in [0.2, 0.25) is 0 Å². The maximum absolute atomic E-state index is 11.7. The van der Waals surface area contributed by atoms with E-state index in [0.717, 1.165) is 32.4 Å². The molecule has 0 unspecified atom stereocenters. The van der Waals surface area contributed by atoms with Crippen molar-refractivity contribution in [1.82, 2.24) is 14.3 Å². The summed E-state index contributed by atoms with van der Waals surface area (Å²) in [5.74, 6) is 0.529. The summed E-state index contributed by atoms with van der Waals surface area (Å²) in [4.78, 5) is 0. The van der Waals surface area contributed by atoms with E-state index >= 15 is 0 Å². The molecule has 2 aliphatic rings. The zero-order valence-corrected chi connectivity index (χ0v) is 9.72. The summed E-state index contributed by atoms with van der Waals surface area (Å²) in [6, 6.07) is 0. The summed E-state index contributed by atoms with van der Waals surface area (Å²) in [6.07, 6.45) is 3.10. The van der Waals surface area contributed by atoms with E-state index in [0.29, 0.717) is 25.6 Å².